The number of nitrogens with zero attached hydrogens (tertiary/aromatic N) is 1. The minimum Gasteiger partial charge on any atom is -0.258 e. The van der Waals surface area contributed by atoms with E-state index in [1.54, 1.807) is 12.1 Å². The largest absolute Gasteiger partial charge is 0.272 e. The van der Waals surface area contributed by atoms with Gasteiger partial charge in [-0.1, -0.05) is 41.4 Å². The van der Waals surface area contributed by atoms with Gasteiger partial charge in [-0.3, -0.25) is 10.1 Å². The lowest BCUT2D eigenvalue weighted by Gasteiger charge is -2.15. The van der Waals surface area contributed by atoms with Gasteiger partial charge in [0.05, 0.1) is 4.92 Å². The second-order valence-electron chi connectivity index (χ2n) is 3.79. The zero-order chi connectivity index (χ0) is 11.6. The number of nitro groups is 1. The number of rotatable bonds is 3. The van der Waals surface area contributed by atoms with E-state index < -0.39 is 0 Å². The SMILES string of the molecule is Cc1ccc([N+](=O)[O-])c(C(C)C(C)Br)c1. The molecular weight excluding hydrogens is 258 g/mol. The van der Waals surface area contributed by atoms with Gasteiger partial charge in [-0.15, -0.1) is 0 Å². The highest BCUT2D eigenvalue weighted by atomic mass is 79.9. The van der Waals surface area contributed by atoms with Crippen LogP contribution in [-0.4, -0.2) is 9.75 Å². The van der Waals surface area contributed by atoms with Crippen LogP contribution in [0, 0.1) is 17.0 Å². The molecule has 15 heavy (non-hydrogen) atoms. The third-order valence-corrected chi connectivity index (χ3v) is 3.35. The van der Waals surface area contributed by atoms with Crippen LogP contribution < -0.4 is 0 Å². The smallest absolute Gasteiger partial charge is 0.258 e. The Hall–Kier alpha value is -0.900. The summed E-state index contributed by atoms with van der Waals surface area (Å²) in [5.74, 6) is 0.130. The van der Waals surface area contributed by atoms with Crippen LogP contribution in [0.15, 0.2) is 18.2 Å². The van der Waals surface area contributed by atoms with Crippen molar-refractivity contribution in [1.29, 1.82) is 0 Å². The Morgan fingerprint density at radius 1 is 1.40 bits per heavy atom. The first-order chi connectivity index (χ1) is 6.93. The van der Waals surface area contributed by atoms with Gasteiger partial charge in [-0.2, -0.15) is 0 Å². The third kappa shape index (κ3) is 2.78. The van der Waals surface area contributed by atoms with Crippen molar-refractivity contribution in [3.63, 3.8) is 0 Å². The summed E-state index contributed by atoms with van der Waals surface area (Å²) >= 11 is 3.46. The first-order valence-corrected chi connectivity index (χ1v) is 5.74. The molecule has 1 aromatic carbocycles. The molecule has 0 aliphatic heterocycles. The fourth-order valence-electron chi connectivity index (χ4n) is 1.45. The van der Waals surface area contributed by atoms with E-state index >= 15 is 0 Å². The quantitative estimate of drug-likeness (QED) is 0.477. The van der Waals surface area contributed by atoms with Gasteiger partial charge in [0.1, 0.15) is 0 Å². The van der Waals surface area contributed by atoms with Gasteiger partial charge in [0.2, 0.25) is 0 Å². The van der Waals surface area contributed by atoms with Crippen LogP contribution in [0.2, 0.25) is 0 Å². The number of halogens is 1. The van der Waals surface area contributed by atoms with Crippen LogP contribution in [0.5, 0.6) is 0 Å². The number of hydrogen-bond acceptors (Lipinski definition) is 2. The van der Waals surface area contributed by atoms with Gasteiger partial charge in [-0.05, 0) is 13.0 Å². The molecule has 0 heterocycles. The van der Waals surface area contributed by atoms with Crippen molar-refractivity contribution in [2.24, 2.45) is 0 Å². The van der Waals surface area contributed by atoms with Crippen molar-refractivity contribution < 1.29 is 4.92 Å². The van der Waals surface area contributed by atoms with Gasteiger partial charge < -0.3 is 0 Å². The molecule has 0 amide bonds. The molecule has 0 N–H and O–H groups in total. The van der Waals surface area contributed by atoms with Crippen molar-refractivity contribution in [2.75, 3.05) is 0 Å². The third-order valence-electron chi connectivity index (χ3n) is 2.56. The summed E-state index contributed by atoms with van der Waals surface area (Å²) in [5.41, 5.74) is 2.05. The predicted molar refractivity (Wildman–Crippen MR) is 64.6 cm³/mol. The molecule has 1 rings (SSSR count). The summed E-state index contributed by atoms with van der Waals surface area (Å²) in [6.07, 6.45) is 0. The highest BCUT2D eigenvalue weighted by molar-refractivity contribution is 9.09. The van der Waals surface area contributed by atoms with Gasteiger partial charge in [-0.25, -0.2) is 0 Å². The van der Waals surface area contributed by atoms with Crippen molar-refractivity contribution >= 4 is 21.6 Å². The lowest BCUT2D eigenvalue weighted by molar-refractivity contribution is -0.385. The molecule has 2 atom stereocenters. The molecule has 1 aromatic rings. The Bertz CT molecular complexity index is 377. The van der Waals surface area contributed by atoms with Crippen molar-refractivity contribution in [3.8, 4) is 0 Å². The highest BCUT2D eigenvalue weighted by Crippen LogP contribution is 2.32. The van der Waals surface area contributed by atoms with E-state index in [2.05, 4.69) is 15.9 Å². The second-order valence-corrected chi connectivity index (χ2v) is 5.23. The van der Waals surface area contributed by atoms with Crippen molar-refractivity contribution in [2.45, 2.75) is 31.5 Å². The van der Waals surface area contributed by atoms with E-state index in [1.165, 1.54) is 0 Å². The molecule has 4 heteroatoms. The van der Waals surface area contributed by atoms with Gasteiger partial charge in [0, 0.05) is 22.4 Å². The van der Waals surface area contributed by atoms with Gasteiger partial charge >= 0.3 is 0 Å². The van der Waals surface area contributed by atoms with E-state index in [4.69, 9.17) is 0 Å². The van der Waals surface area contributed by atoms with Crippen LogP contribution in [0.1, 0.15) is 30.9 Å². The fraction of sp³-hybridized carbons (Fsp3) is 0.455. The maximum Gasteiger partial charge on any atom is 0.272 e. The molecule has 0 aliphatic rings. The summed E-state index contributed by atoms with van der Waals surface area (Å²) in [6, 6.07) is 5.24. The average molecular weight is 272 g/mol. The number of nitro benzene ring substituents is 1. The zero-order valence-corrected chi connectivity index (χ0v) is 10.6. The first-order valence-electron chi connectivity index (χ1n) is 4.82. The highest BCUT2D eigenvalue weighted by Gasteiger charge is 2.21. The summed E-state index contributed by atoms with van der Waals surface area (Å²) < 4.78 is 0. The molecule has 3 nitrogen and oxygen atoms in total. The van der Waals surface area contributed by atoms with E-state index in [-0.39, 0.29) is 21.4 Å². The molecule has 0 fully saturated rings. The molecule has 82 valence electrons. The minimum atomic E-state index is -0.319. The van der Waals surface area contributed by atoms with Crippen LogP contribution in [0.25, 0.3) is 0 Å². The van der Waals surface area contributed by atoms with Gasteiger partial charge in [0.25, 0.3) is 5.69 Å². The Morgan fingerprint density at radius 3 is 2.47 bits per heavy atom. The summed E-state index contributed by atoms with van der Waals surface area (Å²) in [4.78, 5) is 10.8. The van der Waals surface area contributed by atoms with Crippen molar-refractivity contribution in [1.82, 2.24) is 0 Å². The lowest BCUT2D eigenvalue weighted by Crippen LogP contribution is -2.07. The first kappa shape index (κ1) is 12.2. The van der Waals surface area contributed by atoms with E-state index in [1.807, 2.05) is 26.8 Å². The van der Waals surface area contributed by atoms with Crippen LogP contribution in [-0.2, 0) is 0 Å². The lowest BCUT2D eigenvalue weighted by atomic mass is 9.95. The number of hydrogen-bond donors (Lipinski definition) is 0. The predicted octanol–water partition coefficient (Wildman–Crippen LogP) is 3.79. The Morgan fingerprint density at radius 2 is 2.00 bits per heavy atom. The van der Waals surface area contributed by atoms with E-state index in [0.717, 1.165) is 11.1 Å². The molecule has 0 bridgehead atoms. The molecule has 0 aliphatic carbocycles. The topological polar surface area (TPSA) is 43.1 Å². The maximum absolute atomic E-state index is 10.9. The average Bonchev–Trinajstić information content (AvgIpc) is 2.15. The second kappa shape index (κ2) is 4.75. The van der Waals surface area contributed by atoms with Gasteiger partial charge in [0.15, 0.2) is 0 Å². The van der Waals surface area contributed by atoms with Crippen molar-refractivity contribution in [3.05, 3.63) is 39.4 Å². The van der Waals surface area contributed by atoms with Crippen LogP contribution in [0.3, 0.4) is 0 Å². The molecule has 2 unspecified atom stereocenters. The molecular formula is C11H14BrNO2. The molecule has 0 saturated carbocycles. The molecule has 0 aromatic heterocycles. The summed E-state index contributed by atoms with van der Waals surface area (Å²) in [6.45, 7) is 5.93. The fourth-order valence-corrected chi connectivity index (χ4v) is 1.74. The number of aryl methyl sites for hydroxylation is 1. The van der Waals surface area contributed by atoms with Crippen LogP contribution >= 0.6 is 15.9 Å². The van der Waals surface area contributed by atoms with E-state index in [0.29, 0.717) is 0 Å². The van der Waals surface area contributed by atoms with Crippen LogP contribution in [0.4, 0.5) is 5.69 Å². The Balaban J connectivity index is 3.24. The summed E-state index contributed by atoms with van der Waals surface area (Å²) in [7, 11) is 0. The Labute approximate surface area is 97.8 Å². The molecule has 0 saturated heterocycles. The zero-order valence-electron chi connectivity index (χ0n) is 9.03. The Kier molecular flexibility index (Phi) is 3.85. The van der Waals surface area contributed by atoms with E-state index in [9.17, 15) is 10.1 Å². The maximum atomic E-state index is 10.9. The number of benzene rings is 1. The summed E-state index contributed by atoms with van der Waals surface area (Å²) in [5, 5.41) is 10.9. The monoisotopic (exact) mass is 271 g/mol. The normalized spacial score (nSPS) is 14.7. The number of alkyl halides is 1. The standard InChI is InChI=1S/C11H14BrNO2/c1-7-4-5-11(13(14)15)10(6-7)8(2)9(3)12/h4-6,8-9H,1-3H3. The minimum absolute atomic E-state index is 0.130. The molecule has 0 spiro atoms. The molecule has 0 radical (unpaired) electrons.